The Morgan fingerprint density at radius 3 is 1.35 bits per heavy atom. The number of hydrogen-bond acceptors (Lipinski definition) is 0. The first-order valence-corrected chi connectivity index (χ1v) is 21.8. The molecular weight excluding hydrogens is 610 g/mol. The van der Waals surface area contributed by atoms with Gasteiger partial charge in [0.15, 0.2) is 5.98 Å². The highest BCUT2D eigenvalue weighted by molar-refractivity contribution is 8.20. The molecule has 0 aliphatic carbocycles. The third-order valence-electron chi connectivity index (χ3n) is 7.35. The van der Waals surface area contributed by atoms with E-state index in [1.54, 1.807) is 0 Å². The van der Waals surface area contributed by atoms with Gasteiger partial charge in [0.05, 0.1) is 5.56 Å². The molecule has 8 heteroatoms. The number of alkyl halides is 3. The molecule has 40 heavy (non-hydrogen) atoms. The van der Waals surface area contributed by atoms with Gasteiger partial charge in [-0.3, -0.25) is 0 Å². The van der Waals surface area contributed by atoms with Crippen LogP contribution >= 0.6 is 47.6 Å². The number of benzene rings is 1. The summed E-state index contributed by atoms with van der Waals surface area (Å²) in [6.07, 6.45) is 26.7. The van der Waals surface area contributed by atoms with Gasteiger partial charge in [-0.25, -0.2) is 0 Å². The smallest absolute Gasteiger partial charge is 0.166 e. The second kappa shape index (κ2) is 28.5. The van der Waals surface area contributed by atoms with Crippen LogP contribution in [0.5, 0.6) is 0 Å². The predicted molar refractivity (Wildman–Crippen MR) is 180 cm³/mol. The Labute approximate surface area is 262 Å². The van der Waals surface area contributed by atoms with E-state index in [0.717, 1.165) is 30.9 Å². The lowest BCUT2D eigenvalue weighted by Crippen LogP contribution is -2.05. The normalized spacial score (nSPS) is 11.8. The second-order valence-electron chi connectivity index (χ2n) is 11.0. The SMILES string of the molecule is CCCCCCCCP(CCCCCCCC)CCCCCCCCCc1cccc(C(F)(F)F)c1.ClP(Cl)Cl. The number of rotatable bonds is 24. The van der Waals surface area contributed by atoms with Gasteiger partial charge in [0.1, 0.15) is 0 Å². The fourth-order valence-electron chi connectivity index (χ4n) is 5.02. The van der Waals surface area contributed by atoms with Crippen molar-refractivity contribution >= 4 is 47.6 Å². The molecule has 0 aromatic heterocycles. The van der Waals surface area contributed by atoms with E-state index in [-0.39, 0.29) is 7.92 Å². The van der Waals surface area contributed by atoms with Crippen molar-refractivity contribution in [2.24, 2.45) is 0 Å². The Morgan fingerprint density at radius 1 is 0.575 bits per heavy atom. The molecule has 236 valence electrons. The topological polar surface area (TPSA) is 0 Å². The lowest BCUT2D eigenvalue weighted by molar-refractivity contribution is -0.137. The van der Waals surface area contributed by atoms with Gasteiger partial charge < -0.3 is 0 Å². The molecule has 0 fully saturated rings. The molecule has 0 nitrogen and oxygen atoms in total. The standard InChI is InChI=1S/C32H56F3P.Cl3P/c1-3-5-7-9-15-19-26-36(27-20-16-10-8-6-4-2)28-21-17-13-11-12-14-18-23-30-24-22-25-31(29-30)32(33,34)35;1-4(2)3/h22,24-25,29H,3-21,23,26-28H2,1-2H3;. The highest BCUT2D eigenvalue weighted by Gasteiger charge is 2.30. The summed E-state index contributed by atoms with van der Waals surface area (Å²) in [4.78, 5) is 0. The molecular formula is C32H56Cl3F3P2. The molecule has 0 N–H and O–H groups in total. The van der Waals surface area contributed by atoms with Crippen molar-refractivity contribution in [3.8, 4) is 0 Å². The molecule has 0 heterocycles. The molecule has 0 aliphatic rings. The van der Waals surface area contributed by atoms with Crippen molar-refractivity contribution in [3.05, 3.63) is 35.4 Å². The molecule has 0 bridgehead atoms. The van der Waals surface area contributed by atoms with E-state index in [1.165, 1.54) is 140 Å². The van der Waals surface area contributed by atoms with Crippen LogP contribution in [-0.4, -0.2) is 18.5 Å². The summed E-state index contributed by atoms with van der Waals surface area (Å²) in [6.45, 7) is 4.58. The van der Waals surface area contributed by atoms with Gasteiger partial charge >= 0.3 is 6.18 Å². The first kappa shape index (κ1) is 40.7. The van der Waals surface area contributed by atoms with E-state index in [9.17, 15) is 13.2 Å². The molecule has 0 saturated heterocycles. The summed E-state index contributed by atoms with van der Waals surface area (Å²) >= 11 is 14.6. The molecule has 0 radical (unpaired) electrons. The Balaban J connectivity index is 0.00000354. The van der Waals surface area contributed by atoms with Gasteiger partial charge in [0.25, 0.3) is 0 Å². The number of aryl methyl sites for hydroxylation is 1. The molecule has 1 aromatic carbocycles. The molecule has 0 aliphatic heterocycles. The van der Waals surface area contributed by atoms with Crippen molar-refractivity contribution in [1.82, 2.24) is 0 Å². The van der Waals surface area contributed by atoms with Crippen LogP contribution in [0.25, 0.3) is 0 Å². The van der Waals surface area contributed by atoms with Gasteiger partial charge in [-0.1, -0.05) is 162 Å². The number of halogens is 6. The van der Waals surface area contributed by atoms with Crippen molar-refractivity contribution in [1.29, 1.82) is 0 Å². The van der Waals surface area contributed by atoms with Crippen LogP contribution in [-0.2, 0) is 12.6 Å². The van der Waals surface area contributed by atoms with Crippen molar-refractivity contribution in [2.45, 2.75) is 148 Å². The molecule has 0 amide bonds. The summed E-state index contributed by atoms with van der Waals surface area (Å²) in [7, 11) is 0.243. The van der Waals surface area contributed by atoms with E-state index >= 15 is 0 Å². The molecule has 0 saturated carbocycles. The third-order valence-corrected chi connectivity index (χ3v) is 10.2. The molecule has 1 aromatic rings. The summed E-state index contributed by atoms with van der Waals surface area (Å²) in [5.41, 5.74) is 0.293. The van der Waals surface area contributed by atoms with Gasteiger partial charge in [0.2, 0.25) is 0 Å². The average Bonchev–Trinajstić information content (AvgIpc) is 2.90. The fourth-order valence-corrected chi connectivity index (χ4v) is 7.70. The van der Waals surface area contributed by atoms with Crippen LogP contribution in [0.4, 0.5) is 13.2 Å². The highest BCUT2D eigenvalue weighted by atomic mass is 36.0. The zero-order valence-corrected chi connectivity index (χ0v) is 29.3. The molecule has 1 rings (SSSR count). The van der Waals surface area contributed by atoms with Gasteiger partial charge in [0, 0.05) is 0 Å². The minimum atomic E-state index is -4.24. The van der Waals surface area contributed by atoms with E-state index in [0.29, 0.717) is 0 Å². The van der Waals surface area contributed by atoms with Gasteiger partial charge in [-0.2, -0.15) is 13.2 Å². The lowest BCUT2D eigenvalue weighted by atomic mass is 10.0. The molecule has 0 spiro atoms. The predicted octanol–water partition coefficient (Wildman–Crippen LogP) is 15.1. The third kappa shape index (κ3) is 27.6. The Hall–Kier alpha value is 0.740. The quantitative estimate of drug-likeness (QED) is 0.0761. The van der Waals surface area contributed by atoms with Crippen LogP contribution in [0.1, 0.15) is 147 Å². The number of unbranched alkanes of at least 4 members (excludes halogenated alkanes) is 16. The molecule has 0 unspecified atom stereocenters. The first-order valence-electron chi connectivity index (χ1n) is 15.9. The summed E-state index contributed by atoms with van der Waals surface area (Å²) in [6, 6.07) is 5.83. The lowest BCUT2D eigenvalue weighted by Gasteiger charge is -2.18. The minimum Gasteiger partial charge on any atom is -0.166 e. The fraction of sp³-hybridized carbons (Fsp3) is 0.812. The Morgan fingerprint density at radius 2 is 0.950 bits per heavy atom. The van der Waals surface area contributed by atoms with E-state index in [4.69, 9.17) is 33.7 Å². The Kier molecular flexibility index (Phi) is 29.0. The van der Waals surface area contributed by atoms with E-state index in [1.807, 2.05) is 6.07 Å². The van der Waals surface area contributed by atoms with Crippen molar-refractivity contribution in [3.63, 3.8) is 0 Å². The van der Waals surface area contributed by atoms with Crippen LogP contribution < -0.4 is 0 Å². The van der Waals surface area contributed by atoms with E-state index < -0.39 is 17.7 Å². The zero-order valence-electron chi connectivity index (χ0n) is 25.2. The van der Waals surface area contributed by atoms with Gasteiger partial charge in [-0.05, 0) is 62.2 Å². The maximum absolute atomic E-state index is 12.8. The van der Waals surface area contributed by atoms with Crippen LogP contribution in [0.3, 0.4) is 0 Å². The van der Waals surface area contributed by atoms with E-state index in [2.05, 4.69) is 13.8 Å². The first-order chi connectivity index (χ1) is 19.2. The summed E-state index contributed by atoms with van der Waals surface area (Å²) in [5.74, 6) is -1.20. The van der Waals surface area contributed by atoms with Crippen molar-refractivity contribution in [2.75, 3.05) is 18.5 Å². The average molecular weight is 666 g/mol. The maximum Gasteiger partial charge on any atom is 0.416 e. The van der Waals surface area contributed by atoms with Crippen LogP contribution in [0, 0.1) is 0 Å². The van der Waals surface area contributed by atoms with Crippen LogP contribution in [0.15, 0.2) is 24.3 Å². The van der Waals surface area contributed by atoms with Crippen LogP contribution in [0.2, 0.25) is 0 Å². The zero-order chi connectivity index (χ0) is 29.9. The van der Waals surface area contributed by atoms with Crippen molar-refractivity contribution < 1.29 is 13.2 Å². The second-order valence-corrected chi connectivity index (χ2v) is 18.7. The Bertz CT molecular complexity index is 656. The molecule has 0 atom stereocenters. The maximum atomic E-state index is 12.8. The highest BCUT2D eigenvalue weighted by Crippen LogP contribution is 2.51. The minimum absolute atomic E-state index is 0.243. The monoisotopic (exact) mass is 664 g/mol. The summed E-state index contributed by atoms with van der Waals surface area (Å²) in [5, 5.41) is 0. The van der Waals surface area contributed by atoms with Gasteiger partial charge in [-0.15, -0.1) is 7.92 Å². The number of hydrogen-bond donors (Lipinski definition) is 0. The largest absolute Gasteiger partial charge is 0.416 e. The summed E-state index contributed by atoms with van der Waals surface area (Å²) < 4.78 is 38.5.